The van der Waals surface area contributed by atoms with E-state index in [0.29, 0.717) is 28.9 Å². The number of nitrogens with zero attached hydrogens (tertiary/aromatic N) is 3. The van der Waals surface area contributed by atoms with Crippen LogP contribution in [0, 0.1) is 0 Å². The molecule has 1 atom stereocenters. The normalized spacial score (nSPS) is 11.8. The second kappa shape index (κ2) is 8.54. The Bertz CT molecular complexity index is 689. The SMILES string of the molecule is CCCn1ncnc1[C@H](C)NC(=O)Nc1cccc(Cl)c1OCC. The number of amides is 2. The average molecular weight is 352 g/mol. The molecule has 8 heteroatoms. The number of aromatic nitrogens is 3. The summed E-state index contributed by atoms with van der Waals surface area (Å²) in [5.41, 5.74) is 0.518. The summed E-state index contributed by atoms with van der Waals surface area (Å²) in [6, 6.07) is 4.55. The van der Waals surface area contributed by atoms with Crippen molar-refractivity contribution in [3.05, 3.63) is 35.4 Å². The number of aryl methyl sites for hydroxylation is 1. The minimum atomic E-state index is -0.364. The summed E-state index contributed by atoms with van der Waals surface area (Å²) in [5, 5.41) is 10.2. The highest BCUT2D eigenvalue weighted by atomic mass is 35.5. The van der Waals surface area contributed by atoms with E-state index in [0.717, 1.165) is 13.0 Å². The molecule has 24 heavy (non-hydrogen) atoms. The van der Waals surface area contributed by atoms with Gasteiger partial charge in [0.25, 0.3) is 0 Å². The summed E-state index contributed by atoms with van der Waals surface area (Å²) in [4.78, 5) is 16.5. The largest absolute Gasteiger partial charge is 0.490 e. The van der Waals surface area contributed by atoms with Crippen molar-refractivity contribution in [2.45, 2.75) is 39.8 Å². The highest BCUT2D eigenvalue weighted by Gasteiger charge is 2.17. The minimum absolute atomic E-state index is 0.284. The van der Waals surface area contributed by atoms with Gasteiger partial charge in [-0.15, -0.1) is 0 Å². The van der Waals surface area contributed by atoms with Gasteiger partial charge >= 0.3 is 6.03 Å². The van der Waals surface area contributed by atoms with Crippen LogP contribution in [0.1, 0.15) is 39.1 Å². The molecule has 1 aromatic carbocycles. The van der Waals surface area contributed by atoms with Gasteiger partial charge in [-0.2, -0.15) is 5.10 Å². The van der Waals surface area contributed by atoms with Gasteiger partial charge in [0.2, 0.25) is 0 Å². The van der Waals surface area contributed by atoms with Gasteiger partial charge in [0.15, 0.2) is 5.75 Å². The molecule has 0 bridgehead atoms. The third-order valence-electron chi connectivity index (χ3n) is 3.32. The van der Waals surface area contributed by atoms with Gasteiger partial charge in [-0.1, -0.05) is 24.6 Å². The van der Waals surface area contributed by atoms with Crippen LogP contribution in [0.2, 0.25) is 5.02 Å². The van der Waals surface area contributed by atoms with E-state index >= 15 is 0 Å². The number of carbonyl (C=O) groups excluding carboxylic acids is 1. The first-order valence-corrected chi connectivity index (χ1v) is 8.31. The second-order valence-corrected chi connectivity index (χ2v) is 5.62. The van der Waals surface area contributed by atoms with E-state index in [1.165, 1.54) is 6.33 Å². The first-order valence-electron chi connectivity index (χ1n) is 7.93. The lowest BCUT2D eigenvalue weighted by Crippen LogP contribution is -2.33. The van der Waals surface area contributed by atoms with Gasteiger partial charge in [0.1, 0.15) is 12.2 Å². The number of para-hydroxylation sites is 1. The molecular weight excluding hydrogens is 330 g/mol. The maximum Gasteiger partial charge on any atom is 0.319 e. The number of hydrogen-bond donors (Lipinski definition) is 2. The van der Waals surface area contributed by atoms with Crippen LogP contribution in [-0.2, 0) is 6.54 Å². The van der Waals surface area contributed by atoms with E-state index in [9.17, 15) is 4.79 Å². The zero-order valence-electron chi connectivity index (χ0n) is 14.0. The van der Waals surface area contributed by atoms with Gasteiger partial charge in [-0.3, -0.25) is 0 Å². The number of rotatable bonds is 7. The Balaban J connectivity index is 2.05. The Labute approximate surface area is 146 Å². The van der Waals surface area contributed by atoms with Gasteiger partial charge < -0.3 is 15.4 Å². The van der Waals surface area contributed by atoms with Crippen molar-refractivity contribution in [3.8, 4) is 5.75 Å². The molecule has 0 unspecified atom stereocenters. The molecule has 0 radical (unpaired) electrons. The number of halogens is 1. The first kappa shape index (κ1) is 18.1. The van der Waals surface area contributed by atoms with E-state index in [1.807, 2.05) is 13.8 Å². The quantitative estimate of drug-likeness (QED) is 0.798. The molecule has 1 aromatic heterocycles. The number of nitrogens with one attached hydrogen (secondary N) is 2. The Morgan fingerprint density at radius 1 is 1.42 bits per heavy atom. The second-order valence-electron chi connectivity index (χ2n) is 5.21. The molecule has 1 heterocycles. The molecule has 0 saturated carbocycles. The van der Waals surface area contributed by atoms with Crippen LogP contribution in [0.5, 0.6) is 5.75 Å². The van der Waals surface area contributed by atoms with Crippen LogP contribution in [0.25, 0.3) is 0 Å². The Morgan fingerprint density at radius 3 is 2.92 bits per heavy atom. The van der Waals surface area contributed by atoms with Crippen molar-refractivity contribution in [3.63, 3.8) is 0 Å². The fourth-order valence-corrected chi connectivity index (χ4v) is 2.54. The molecule has 130 valence electrons. The Kier molecular flexibility index (Phi) is 6.43. The lowest BCUT2D eigenvalue weighted by molar-refractivity contribution is 0.248. The molecule has 0 aliphatic rings. The smallest absolute Gasteiger partial charge is 0.319 e. The van der Waals surface area contributed by atoms with E-state index in [1.54, 1.807) is 22.9 Å². The van der Waals surface area contributed by atoms with Crippen molar-refractivity contribution in [1.29, 1.82) is 0 Å². The highest BCUT2D eigenvalue weighted by molar-refractivity contribution is 6.32. The van der Waals surface area contributed by atoms with Gasteiger partial charge in [0.05, 0.1) is 23.4 Å². The van der Waals surface area contributed by atoms with Crippen molar-refractivity contribution in [2.75, 3.05) is 11.9 Å². The van der Waals surface area contributed by atoms with Gasteiger partial charge in [-0.05, 0) is 32.4 Å². The molecule has 0 saturated heterocycles. The van der Waals surface area contributed by atoms with Gasteiger partial charge in [-0.25, -0.2) is 14.5 Å². The summed E-state index contributed by atoms with van der Waals surface area (Å²) in [6.07, 6.45) is 2.43. The zero-order chi connectivity index (χ0) is 17.5. The number of hydrogen-bond acceptors (Lipinski definition) is 4. The fraction of sp³-hybridized carbons (Fsp3) is 0.438. The molecule has 2 amide bonds. The summed E-state index contributed by atoms with van der Waals surface area (Å²) in [6.45, 7) is 6.99. The third-order valence-corrected chi connectivity index (χ3v) is 3.62. The number of carbonyl (C=O) groups is 1. The number of ether oxygens (including phenoxy) is 1. The van der Waals surface area contributed by atoms with Crippen LogP contribution in [0.4, 0.5) is 10.5 Å². The molecule has 7 nitrogen and oxygen atoms in total. The van der Waals surface area contributed by atoms with Crippen molar-refractivity contribution < 1.29 is 9.53 Å². The fourth-order valence-electron chi connectivity index (χ4n) is 2.31. The van der Waals surface area contributed by atoms with E-state index in [4.69, 9.17) is 16.3 Å². The molecular formula is C16H22ClN5O2. The average Bonchev–Trinajstić information content (AvgIpc) is 2.99. The predicted molar refractivity (Wildman–Crippen MR) is 93.5 cm³/mol. The van der Waals surface area contributed by atoms with Crippen molar-refractivity contribution in [2.24, 2.45) is 0 Å². The molecule has 0 spiro atoms. The Hall–Kier alpha value is -2.28. The monoisotopic (exact) mass is 351 g/mol. The van der Waals surface area contributed by atoms with Gasteiger partial charge in [0, 0.05) is 6.54 Å². The summed E-state index contributed by atoms with van der Waals surface area (Å²) in [5.74, 6) is 1.17. The zero-order valence-corrected chi connectivity index (χ0v) is 14.8. The van der Waals surface area contributed by atoms with Crippen LogP contribution >= 0.6 is 11.6 Å². The standard InChI is InChI=1S/C16H22ClN5O2/c1-4-9-22-15(18-10-19-22)11(3)20-16(23)21-13-8-6-7-12(17)14(13)24-5-2/h6-8,10-11H,4-5,9H2,1-3H3,(H2,20,21,23)/t11-/m0/s1. The van der Waals surface area contributed by atoms with Crippen molar-refractivity contribution in [1.82, 2.24) is 20.1 Å². The predicted octanol–water partition coefficient (Wildman–Crippen LogP) is 3.62. The topological polar surface area (TPSA) is 81.1 Å². The van der Waals surface area contributed by atoms with Crippen LogP contribution in [-0.4, -0.2) is 27.4 Å². The maximum absolute atomic E-state index is 12.3. The molecule has 0 aliphatic carbocycles. The van der Waals surface area contributed by atoms with E-state index < -0.39 is 0 Å². The lowest BCUT2D eigenvalue weighted by Gasteiger charge is -2.17. The molecule has 2 aromatic rings. The molecule has 0 aliphatic heterocycles. The first-order chi connectivity index (χ1) is 11.6. The number of anilines is 1. The van der Waals surface area contributed by atoms with E-state index in [-0.39, 0.29) is 12.1 Å². The third kappa shape index (κ3) is 4.38. The Morgan fingerprint density at radius 2 is 2.21 bits per heavy atom. The molecule has 0 fully saturated rings. The summed E-state index contributed by atoms with van der Waals surface area (Å²) < 4.78 is 7.28. The lowest BCUT2D eigenvalue weighted by atomic mass is 10.3. The highest BCUT2D eigenvalue weighted by Crippen LogP contribution is 2.32. The summed E-state index contributed by atoms with van der Waals surface area (Å²) >= 11 is 6.12. The summed E-state index contributed by atoms with van der Waals surface area (Å²) in [7, 11) is 0. The molecule has 2 rings (SSSR count). The van der Waals surface area contributed by atoms with Crippen molar-refractivity contribution >= 4 is 23.3 Å². The number of benzene rings is 1. The van der Waals surface area contributed by atoms with Crippen LogP contribution < -0.4 is 15.4 Å². The maximum atomic E-state index is 12.3. The van der Waals surface area contributed by atoms with E-state index in [2.05, 4.69) is 27.6 Å². The van der Waals surface area contributed by atoms with Crippen LogP contribution in [0.3, 0.4) is 0 Å². The van der Waals surface area contributed by atoms with Crippen LogP contribution in [0.15, 0.2) is 24.5 Å². The molecule has 2 N–H and O–H groups in total. The number of urea groups is 1. The minimum Gasteiger partial charge on any atom is -0.490 e.